The Morgan fingerprint density at radius 1 is 1.00 bits per heavy atom. The van der Waals surface area contributed by atoms with Crippen LogP contribution in [-0.4, -0.2) is 4.98 Å². The minimum atomic E-state index is 0.375. The van der Waals surface area contributed by atoms with Crippen LogP contribution in [0.3, 0.4) is 0 Å². The number of pyridine rings is 1. The molecule has 0 saturated carbocycles. The van der Waals surface area contributed by atoms with E-state index in [2.05, 4.69) is 20.9 Å². The molecule has 1 nitrogen and oxygen atoms in total. The molecule has 0 radical (unpaired) electrons. The van der Waals surface area contributed by atoms with E-state index in [0.717, 1.165) is 15.6 Å². The first-order valence-electron chi connectivity index (χ1n) is 4.25. The molecule has 0 bridgehead atoms. The third kappa shape index (κ3) is 2.33. The summed E-state index contributed by atoms with van der Waals surface area (Å²) < 4.78 is 0.743. The van der Waals surface area contributed by atoms with Gasteiger partial charge in [0.1, 0.15) is 10.3 Å². The maximum atomic E-state index is 6.02. The topological polar surface area (TPSA) is 12.9 Å². The number of halogens is 3. The fourth-order valence-electron chi connectivity index (χ4n) is 1.27. The lowest BCUT2D eigenvalue weighted by Gasteiger charge is -2.05. The van der Waals surface area contributed by atoms with E-state index in [1.54, 1.807) is 0 Å². The summed E-state index contributed by atoms with van der Waals surface area (Å²) in [6.07, 6.45) is 0. The van der Waals surface area contributed by atoms with Gasteiger partial charge in [-0.3, -0.25) is 0 Å². The van der Waals surface area contributed by atoms with Crippen LogP contribution in [0.15, 0.2) is 40.9 Å². The second kappa shape index (κ2) is 4.52. The number of hydrogen-bond acceptors (Lipinski definition) is 1. The maximum absolute atomic E-state index is 6.02. The average Bonchev–Trinajstić information content (AvgIpc) is 2.25. The van der Waals surface area contributed by atoms with E-state index in [9.17, 15) is 0 Å². The smallest absolute Gasteiger partial charge is 0.145 e. The van der Waals surface area contributed by atoms with Crippen molar-refractivity contribution >= 4 is 39.1 Å². The van der Waals surface area contributed by atoms with Crippen molar-refractivity contribution in [3.05, 3.63) is 51.2 Å². The van der Waals surface area contributed by atoms with Gasteiger partial charge in [-0.2, -0.15) is 0 Å². The third-order valence-electron chi connectivity index (χ3n) is 1.97. The molecule has 2 aromatic rings. The van der Waals surface area contributed by atoms with E-state index < -0.39 is 0 Å². The van der Waals surface area contributed by atoms with Crippen molar-refractivity contribution in [1.82, 2.24) is 4.98 Å². The van der Waals surface area contributed by atoms with Crippen LogP contribution in [0.5, 0.6) is 0 Å². The Morgan fingerprint density at radius 3 is 2.33 bits per heavy atom. The van der Waals surface area contributed by atoms with Crippen LogP contribution in [0.1, 0.15) is 0 Å². The quantitative estimate of drug-likeness (QED) is 0.688. The van der Waals surface area contributed by atoms with Gasteiger partial charge in [-0.25, -0.2) is 4.98 Å². The second-order valence-corrected chi connectivity index (χ2v) is 4.54. The van der Waals surface area contributed by atoms with Crippen LogP contribution >= 0.6 is 39.1 Å². The van der Waals surface area contributed by atoms with Crippen LogP contribution in [0, 0.1) is 0 Å². The Hall–Kier alpha value is -0.570. The Morgan fingerprint density at radius 2 is 1.67 bits per heavy atom. The number of aromatic nitrogens is 1. The molecule has 76 valence electrons. The Labute approximate surface area is 106 Å². The number of nitrogens with zero attached hydrogens (tertiary/aromatic N) is 1. The molecule has 15 heavy (non-hydrogen) atoms. The van der Waals surface area contributed by atoms with Crippen molar-refractivity contribution in [3.63, 3.8) is 0 Å². The highest BCUT2D eigenvalue weighted by Gasteiger charge is 2.08. The van der Waals surface area contributed by atoms with Gasteiger partial charge in [-0.15, -0.1) is 0 Å². The SMILES string of the molecule is Clc1nc(Cl)c(-c2ccccc2)cc1Br. The largest absolute Gasteiger partial charge is 0.223 e. The van der Waals surface area contributed by atoms with E-state index >= 15 is 0 Å². The highest BCUT2D eigenvalue weighted by molar-refractivity contribution is 9.10. The van der Waals surface area contributed by atoms with Crippen molar-refractivity contribution in [2.75, 3.05) is 0 Å². The predicted octanol–water partition coefficient (Wildman–Crippen LogP) is 4.82. The van der Waals surface area contributed by atoms with Crippen LogP contribution in [0.4, 0.5) is 0 Å². The van der Waals surface area contributed by atoms with Gasteiger partial charge in [0.15, 0.2) is 0 Å². The molecule has 0 saturated heterocycles. The van der Waals surface area contributed by atoms with Crippen molar-refractivity contribution in [3.8, 4) is 11.1 Å². The van der Waals surface area contributed by atoms with Crippen molar-refractivity contribution < 1.29 is 0 Å². The van der Waals surface area contributed by atoms with E-state index in [1.807, 2.05) is 36.4 Å². The van der Waals surface area contributed by atoms with E-state index in [4.69, 9.17) is 23.2 Å². The van der Waals surface area contributed by atoms with Crippen LogP contribution in [0.2, 0.25) is 10.3 Å². The summed E-state index contributed by atoms with van der Waals surface area (Å²) in [5, 5.41) is 0.786. The average molecular weight is 303 g/mol. The zero-order valence-corrected chi connectivity index (χ0v) is 10.6. The van der Waals surface area contributed by atoms with Crippen molar-refractivity contribution in [2.24, 2.45) is 0 Å². The Kier molecular flexibility index (Phi) is 3.29. The standard InChI is InChI=1S/C11H6BrCl2N/c12-9-6-8(10(13)15-11(9)14)7-4-2-1-3-5-7/h1-6H. The van der Waals surface area contributed by atoms with E-state index in [-0.39, 0.29) is 0 Å². The van der Waals surface area contributed by atoms with E-state index in [0.29, 0.717) is 10.3 Å². The lowest BCUT2D eigenvalue weighted by molar-refractivity contribution is 1.31. The lowest BCUT2D eigenvalue weighted by Crippen LogP contribution is -1.85. The van der Waals surface area contributed by atoms with Crippen molar-refractivity contribution in [2.45, 2.75) is 0 Å². The van der Waals surface area contributed by atoms with Gasteiger partial charge in [0.2, 0.25) is 0 Å². The molecule has 1 aromatic carbocycles. The van der Waals surface area contributed by atoms with Crippen molar-refractivity contribution in [1.29, 1.82) is 0 Å². The third-order valence-corrected chi connectivity index (χ3v) is 3.38. The second-order valence-electron chi connectivity index (χ2n) is 2.97. The molecule has 0 atom stereocenters. The Balaban J connectivity index is 2.59. The van der Waals surface area contributed by atoms with Gasteiger partial charge in [-0.05, 0) is 27.6 Å². The first kappa shape index (κ1) is 10.9. The molecule has 0 aliphatic heterocycles. The van der Waals surface area contributed by atoms with Crippen LogP contribution in [0.25, 0.3) is 11.1 Å². The first-order valence-corrected chi connectivity index (χ1v) is 5.80. The van der Waals surface area contributed by atoms with Crippen LogP contribution < -0.4 is 0 Å². The molecule has 0 N–H and O–H groups in total. The number of benzene rings is 1. The van der Waals surface area contributed by atoms with Gasteiger partial charge in [0.05, 0.1) is 4.47 Å². The zero-order valence-electron chi connectivity index (χ0n) is 7.55. The fourth-order valence-corrected chi connectivity index (χ4v) is 2.01. The molecule has 0 aliphatic rings. The zero-order chi connectivity index (χ0) is 10.8. The van der Waals surface area contributed by atoms with Gasteiger partial charge < -0.3 is 0 Å². The maximum Gasteiger partial charge on any atom is 0.145 e. The van der Waals surface area contributed by atoms with E-state index in [1.165, 1.54) is 0 Å². The molecular formula is C11H6BrCl2N. The Bertz CT molecular complexity index is 485. The molecular weight excluding hydrogens is 297 g/mol. The highest BCUT2D eigenvalue weighted by Crippen LogP contribution is 2.32. The molecule has 0 amide bonds. The number of hydrogen-bond donors (Lipinski definition) is 0. The summed E-state index contributed by atoms with van der Waals surface area (Å²) in [6, 6.07) is 11.7. The molecule has 0 aliphatic carbocycles. The number of rotatable bonds is 1. The summed E-state index contributed by atoms with van der Waals surface area (Å²) in [7, 11) is 0. The summed E-state index contributed by atoms with van der Waals surface area (Å²) in [4.78, 5) is 4.03. The van der Waals surface area contributed by atoms with Gasteiger partial charge in [-0.1, -0.05) is 53.5 Å². The fraction of sp³-hybridized carbons (Fsp3) is 0. The minimum absolute atomic E-state index is 0.375. The molecule has 4 heteroatoms. The molecule has 1 aromatic heterocycles. The molecule has 0 unspecified atom stereocenters. The molecule has 0 fully saturated rings. The first-order chi connectivity index (χ1) is 7.18. The minimum Gasteiger partial charge on any atom is -0.223 e. The summed E-state index contributed by atoms with van der Waals surface area (Å²) in [5.41, 5.74) is 1.89. The van der Waals surface area contributed by atoms with Gasteiger partial charge >= 0.3 is 0 Å². The summed E-state index contributed by atoms with van der Waals surface area (Å²) >= 11 is 15.2. The van der Waals surface area contributed by atoms with Crippen LogP contribution in [-0.2, 0) is 0 Å². The molecule has 0 spiro atoms. The summed E-state index contributed by atoms with van der Waals surface area (Å²) in [6.45, 7) is 0. The normalized spacial score (nSPS) is 10.3. The molecule has 2 rings (SSSR count). The van der Waals surface area contributed by atoms with Gasteiger partial charge in [0.25, 0.3) is 0 Å². The highest BCUT2D eigenvalue weighted by atomic mass is 79.9. The van der Waals surface area contributed by atoms with Gasteiger partial charge in [0, 0.05) is 5.56 Å². The molecule has 1 heterocycles. The monoisotopic (exact) mass is 301 g/mol. The lowest BCUT2D eigenvalue weighted by atomic mass is 10.1. The predicted molar refractivity (Wildman–Crippen MR) is 67.4 cm³/mol. The summed E-state index contributed by atoms with van der Waals surface area (Å²) in [5.74, 6) is 0.